The second-order valence-electron chi connectivity index (χ2n) is 19.6. The van der Waals surface area contributed by atoms with Crippen LogP contribution in [0.4, 0.5) is 34.1 Å². The fourth-order valence-electron chi connectivity index (χ4n) is 11.7. The molecule has 0 radical (unpaired) electrons. The van der Waals surface area contributed by atoms with Gasteiger partial charge in [0.2, 0.25) is 0 Å². The first-order chi connectivity index (χ1) is 35.4. The molecule has 11 aromatic rings. The molecule has 2 aliphatic rings. The van der Waals surface area contributed by atoms with E-state index in [0.29, 0.717) is 0 Å². The van der Waals surface area contributed by atoms with Crippen LogP contribution in [-0.2, 0) is 5.41 Å². The van der Waals surface area contributed by atoms with Crippen LogP contribution in [0.15, 0.2) is 225 Å². The lowest BCUT2D eigenvalue weighted by atomic mass is 9.82. The van der Waals surface area contributed by atoms with Gasteiger partial charge in [0.15, 0.2) is 0 Å². The molecule has 3 nitrogen and oxygen atoms in total. The lowest BCUT2D eigenvalue weighted by Crippen LogP contribution is -2.17. The van der Waals surface area contributed by atoms with Crippen molar-refractivity contribution >= 4 is 106 Å². The number of anilines is 6. The fraction of sp³-hybridized carbons (Fsp3) is 0.0882. The molecule has 0 spiro atoms. The van der Waals surface area contributed by atoms with Crippen molar-refractivity contribution in [2.75, 3.05) is 9.80 Å². The first kappa shape index (κ1) is 43.6. The molecule has 13 rings (SSSR count). The molecule has 0 unspecified atom stereocenters. The molecule has 0 atom stereocenters. The molecular weight excluding hydrogens is 891 g/mol. The Morgan fingerprint density at radius 1 is 0.569 bits per heavy atom. The number of aromatic nitrogens is 1. The molecule has 0 saturated carbocycles. The van der Waals surface area contributed by atoms with Gasteiger partial charge in [-0.15, -0.1) is 11.3 Å². The molecule has 2 heterocycles. The third-order valence-electron chi connectivity index (χ3n) is 15.1. The number of allylic oxidation sites excluding steroid dienone is 5. The van der Waals surface area contributed by atoms with Gasteiger partial charge in [0.25, 0.3) is 0 Å². The number of hydrogen-bond acceptors (Lipinski definition) is 3. The summed E-state index contributed by atoms with van der Waals surface area (Å²) in [7, 11) is 0. The summed E-state index contributed by atoms with van der Waals surface area (Å²) in [6.07, 6.45) is 15.2. The summed E-state index contributed by atoms with van der Waals surface area (Å²) in [5.41, 5.74) is 18.9. The molecule has 4 heteroatoms. The zero-order chi connectivity index (χ0) is 48.5. The Kier molecular flexibility index (Phi) is 10.6. The van der Waals surface area contributed by atoms with Crippen LogP contribution in [0.2, 0.25) is 0 Å². The number of benzene rings is 9. The van der Waals surface area contributed by atoms with Gasteiger partial charge in [-0.1, -0.05) is 172 Å². The third-order valence-corrected chi connectivity index (χ3v) is 16.3. The minimum atomic E-state index is -0.190. The molecule has 0 fully saturated rings. The molecule has 0 N–H and O–H groups in total. The first-order valence-electron chi connectivity index (χ1n) is 25.1. The van der Waals surface area contributed by atoms with Crippen molar-refractivity contribution in [1.29, 1.82) is 0 Å². The summed E-state index contributed by atoms with van der Waals surface area (Å²) < 4.78 is 3.74. The quantitative estimate of drug-likeness (QED) is 0.135. The van der Waals surface area contributed by atoms with Crippen molar-refractivity contribution in [2.24, 2.45) is 0 Å². The summed E-state index contributed by atoms with van der Waals surface area (Å²) >= 11 is 1.81. The Morgan fingerprint density at radius 2 is 1.29 bits per heavy atom. The van der Waals surface area contributed by atoms with Crippen LogP contribution in [0, 0.1) is 0 Å². The highest BCUT2D eigenvalue weighted by molar-refractivity contribution is 7.20. The van der Waals surface area contributed by atoms with E-state index in [2.05, 4.69) is 266 Å². The fourth-order valence-corrected chi connectivity index (χ4v) is 12.9. The minimum Gasteiger partial charge on any atom is -0.313 e. The maximum absolute atomic E-state index is 4.30. The predicted molar refractivity (Wildman–Crippen MR) is 312 cm³/mol. The number of nitrogens with zero attached hydrogens (tertiary/aromatic N) is 3. The van der Waals surface area contributed by atoms with Crippen LogP contribution >= 0.6 is 11.3 Å². The zero-order valence-corrected chi connectivity index (χ0v) is 41.6. The van der Waals surface area contributed by atoms with Crippen LogP contribution in [0.25, 0.3) is 82.8 Å². The normalized spacial score (nSPS) is 13.8. The first-order valence-corrected chi connectivity index (χ1v) is 25.9. The van der Waals surface area contributed by atoms with Gasteiger partial charge in [0, 0.05) is 66.1 Å². The van der Waals surface area contributed by atoms with Crippen molar-refractivity contribution in [3.05, 3.63) is 247 Å². The zero-order valence-electron chi connectivity index (χ0n) is 40.8. The lowest BCUT2D eigenvalue weighted by Gasteiger charge is -2.31. The average Bonchev–Trinajstić information content (AvgIpc) is 4.04. The van der Waals surface area contributed by atoms with E-state index < -0.39 is 0 Å². The van der Waals surface area contributed by atoms with Gasteiger partial charge >= 0.3 is 0 Å². The number of fused-ring (bicyclic) bond motifs is 9. The molecule has 346 valence electrons. The Balaban J connectivity index is 1.11. The van der Waals surface area contributed by atoms with Crippen LogP contribution in [-0.4, -0.2) is 4.57 Å². The van der Waals surface area contributed by atoms with E-state index in [1.807, 2.05) is 17.4 Å². The molecule has 0 saturated heterocycles. The van der Waals surface area contributed by atoms with Crippen LogP contribution < -0.4 is 9.80 Å². The van der Waals surface area contributed by atoms with Gasteiger partial charge in [-0.25, -0.2) is 0 Å². The SMILES string of the molecule is C=Cc1sc2c(N(c3cc(-c4ccc5c6c7ccccc7ccc6n(C6=CC=CCC6)c5c4)cc(N(c4ccccc4)c4ccccc4)c3)c3ccc4c(c3)C(C)(C)c3ccccc3-4)cccc2c1/C=C\C. The van der Waals surface area contributed by atoms with E-state index in [-0.39, 0.29) is 5.41 Å². The third kappa shape index (κ3) is 7.00. The maximum Gasteiger partial charge on any atom is 0.0640 e. The van der Waals surface area contributed by atoms with Crippen molar-refractivity contribution in [2.45, 2.75) is 39.0 Å². The van der Waals surface area contributed by atoms with E-state index in [1.165, 1.54) is 76.2 Å². The lowest BCUT2D eigenvalue weighted by molar-refractivity contribution is 0.660. The highest BCUT2D eigenvalue weighted by atomic mass is 32.1. The topological polar surface area (TPSA) is 11.4 Å². The van der Waals surface area contributed by atoms with Crippen LogP contribution in [0.5, 0.6) is 0 Å². The smallest absolute Gasteiger partial charge is 0.0640 e. The number of hydrogen-bond donors (Lipinski definition) is 0. The van der Waals surface area contributed by atoms with E-state index in [9.17, 15) is 0 Å². The second kappa shape index (κ2) is 17.4. The van der Waals surface area contributed by atoms with E-state index in [1.54, 1.807) is 0 Å². The van der Waals surface area contributed by atoms with Gasteiger partial charge in [-0.2, -0.15) is 0 Å². The predicted octanol–water partition coefficient (Wildman–Crippen LogP) is 19.9. The van der Waals surface area contributed by atoms with Crippen molar-refractivity contribution in [3.63, 3.8) is 0 Å². The van der Waals surface area contributed by atoms with Gasteiger partial charge < -0.3 is 14.4 Å². The number of rotatable bonds is 10. The number of thiophene rings is 1. The molecule has 9 aromatic carbocycles. The van der Waals surface area contributed by atoms with Crippen molar-refractivity contribution < 1.29 is 0 Å². The minimum absolute atomic E-state index is 0.190. The molecule has 2 aliphatic carbocycles. The summed E-state index contributed by atoms with van der Waals surface area (Å²) in [5, 5.41) is 6.30. The second-order valence-corrected chi connectivity index (χ2v) is 20.6. The van der Waals surface area contributed by atoms with Crippen LogP contribution in [0.1, 0.15) is 55.2 Å². The highest BCUT2D eigenvalue weighted by Gasteiger charge is 2.36. The highest BCUT2D eigenvalue weighted by Crippen LogP contribution is 2.53. The summed E-state index contributed by atoms with van der Waals surface area (Å²) in [6.45, 7) is 11.1. The van der Waals surface area contributed by atoms with E-state index in [0.717, 1.165) is 63.0 Å². The maximum atomic E-state index is 4.30. The van der Waals surface area contributed by atoms with Gasteiger partial charge in [-0.3, -0.25) is 0 Å². The van der Waals surface area contributed by atoms with Gasteiger partial charge in [-0.05, 0) is 143 Å². The summed E-state index contributed by atoms with van der Waals surface area (Å²) in [6, 6.07) is 72.3. The standard InChI is InChI=1S/C68H53N3S/c1-5-21-57-58-31-20-33-63(67(58)72-65(57)6-2)70(51-36-38-56-55-30-18-19-32-60(55)68(3,4)61(56)44-51)53-41-47(40-52(43-53)69(48-23-10-7-11-24-48)49-25-12-8-13-26-49)46-34-37-59-64(42-46)71(50-27-14-9-15-28-50)62-39-35-45-22-16-17-29-54(45)66(59)62/h5-14,16-27,29-44H,2,15,28H2,1,3-4H3/b21-5-. The average molecular weight is 944 g/mol. The van der Waals surface area contributed by atoms with E-state index in [4.69, 9.17) is 0 Å². The van der Waals surface area contributed by atoms with Gasteiger partial charge in [0.05, 0.1) is 21.4 Å². The molecule has 2 aromatic heterocycles. The molecule has 0 aliphatic heterocycles. The molecule has 0 amide bonds. The van der Waals surface area contributed by atoms with Crippen LogP contribution in [0.3, 0.4) is 0 Å². The summed E-state index contributed by atoms with van der Waals surface area (Å²) in [5.74, 6) is 0. The monoisotopic (exact) mass is 943 g/mol. The molecule has 0 bridgehead atoms. The Hall–Kier alpha value is -8.44. The largest absolute Gasteiger partial charge is 0.313 e. The molecular formula is C68H53N3S. The Bertz CT molecular complexity index is 4010. The Morgan fingerprint density at radius 3 is 2.06 bits per heavy atom. The van der Waals surface area contributed by atoms with Gasteiger partial charge in [0.1, 0.15) is 0 Å². The van der Waals surface area contributed by atoms with Crippen molar-refractivity contribution in [3.8, 4) is 22.3 Å². The van der Waals surface area contributed by atoms with E-state index >= 15 is 0 Å². The number of para-hydroxylation sites is 2. The summed E-state index contributed by atoms with van der Waals surface area (Å²) in [4.78, 5) is 6.09. The van der Waals surface area contributed by atoms with Crippen molar-refractivity contribution in [1.82, 2.24) is 4.57 Å². The Labute approximate surface area is 425 Å². The molecule has 72 heavy (non-hydrogen) atoms.